The lowest BCUT2D eigenvalue weighted by Crippen LogP contribution is -2.33. The zero-order valence-corrected chi connectivity index (χ0v) is 13.9. The van der Waals surface area contributed by atoms with Gasteiger partial charge in [-0.15, -0.1) is 0 Å². The number of hydrogen-bond acceptors (Lipinski definition) is 4. The van der Waals surface area contributed by atoms with Crippen LogP contribution in [0.1, 0.15) is 24.0 Å². The minimum absolute atomic E-state index is 0.0343. The van der Waals surface area contributed by atoms with Crippen LogP contribution >= 0.6 is 0 Å². The second-order valence-corrected chi connectivity index (χ2v) is 6.07. The minimum atomic E-state index is -0.699. The van der Waals surface area contributed by atoms with E-state index in [2.05, 4.69) is 0 Å². The minimum Gasteiger partial charge on any atom is -0.469 e. The van der Waals surface area contributed by atoms with Gasteiger partial charge in [0.05, 0.1) is 13.5 Å². The molecule has 0 bridgehead atoms. The number of carbonyl (C=O) groups excluding carboxylic acids is 2. The van der Waals surface area contributed by atoms with E-state index in [1.807, 2.05) is 48.5 Å². The Morgan fingerprint density at radius 1 is 0.875 bits per heavy atom. The summed E-state index contributed by atoms with van der Waals surface area (Å²) < 4.78 is 9.93. The molecule has 0 atom stereocenters. The average molecular weight is 324 g/mol. The van der Waals surface area contributed by atoms with Crippen LogP contribution in [-0.2, 0) is 24.5 Å². The summed E-state index contributed by atoms with van der Waals surface area (Å²) in [5, 5.41) is 0. The number of benzene rings is 2. The Kier molecular flexibility index (Phi) is 4.49. The molecular weight excluding hydrogens is 304 g/mol. The van der Waals surface area contributed by atoms with Gasteiger partial charge < -0.3 is 9.47 Å². The molecule has 0 aliphatic heterocycles. The van der Waals surface area contributed by atoms with Crippen LogP contribution in [0.15, 0.2) is 48.5 Å². The molecule has 4 heteroatoms. The SMILES string of the molecule is COCC(=O)CC1(CC(=O)OC)c2ccccc2-c2ccccc21. The van der Waals surface area contributed by atoms with Crippen molar-refractivity contribution in [1.29, 1.82) is 0 Å². The molecule has 0 unspecified atom stereocenters. The lowest BCUT2D eigenvalue weighted by molar-refractivity contribution is -0.142. The van der Waals surface area contributed by atoms with E-state index in [4.69, 9.17) is 9.47 Å². The summed E-state index contributed by atoms with van der Waals surface area (Å²) in [6.07, 6.45) is 0.344. The molecule has 0 aromatic heterocycles. The number of esters is 1. The van der Waals surface area contributed by atoms with Gasteiger partial charge in [0.25, 0.3) is 0 Å². The highest BCUT2D eigenvalue weighted by Gasteiger charge is 2.45. The van der Waals surface area contributed by atoms with E-state index in [-0.39, 0.29) is 31.2 Å². The molecule has 1 aliphatic carbocycles. The molecule has 2 aromatic rings. The number of ether oxygens (including phenoxy) is 2. The fourth-order valence-electron chi connectivity index (χ4n) is 3.73. The van der Waals surface area contributed by atoms with Crippen molar-refractivity contribution in [1.82, 2.24) is 0 Å². The van der Waals surface area contributed by atoms with Crippen LogP contribution in [0.25, 0.3) is 11.1 Å². The van der Waals surface area contributed by atoms with Crippen LogP contribution in [0.5, 0.6) is 0 Å². The smallest absolute Gasteiger partial charge is 0.306 e. The normalized spacial score (nSPS) is 13.9. The zero-order chi connectivity index (χ0) is 17.2. The van der Waals surface area contributed by atoms with Gasteiger partial charge in [-0.3, -0.25) is 9.59 Å². The quantitative estimate of drug-likeness (QED) is 0.766. The number of carbonyl (C=O) groups is 2. The maximum atomic E-state index is 12.4. The van der Waals surface area contributed by atoms with Gasteiger partial charge in [-0.1, -0.05) is 48.5 Å². The maximum absolute atomic E-state index is 12.4. The number of methoxy groups -OCH3 is 2. The molecule has 1 aliphatic rings. The molecule has 0 saturated carbocycles. The van der Waals surface area contributed by atoms with Gasteiger partial charge in [-0.2, -0.15) is 0 Å². The van der Waals surface area contributed by atoms with Crippen molar-refractivity contribution in [2.75, 3.05) is 20.8 Å². The summed E-state index contributed by atoms with van der Waals surface area (Å²) in [6, 6.07) is 15.9. The van der Waals surface area contributed by atoms with Crippen LogP contribution in [0.4, 0.5) is 0 Å². The summed E-state index contributed by atoms with van der Waals surface area (Å²) in [6.45, 7) is 0.0350. The van der Waals surface area contributed by atoms with Gasteiger partial charge in [0.15, 0.2) is 5.78 Å². The molecular formula is C20H20O4. The van der Waals surface area contributed by atoms with E-state index in [0.717, 1.165) is 22.3 Å². The van der Waals surface area contributed by atoms with Gasteiger partial charge in [0, 0.05) is 18.9 Å². The molecule has 4 nitrogen and oxygen atoms in total. The van der Waals surface area contributed by atoms with Crippen molar-refractivity contribution in [2.45, 2.75) is 18.3 Å². The summed E-state index contributed by atoms with van der Waals surface area (Å²) in [4.78, 5) is 24.6. The van der Waals surface area contributed by atoms with E-state index in [1.165, 1.54) is 14.2 Å². The molecule has 0 spiro atoms. The number of Topliss-reactive ketones (excluding diaryl/α,β-unsaturated/α-hetero) is 1. The summed E-state index contributed by atoms with van der Waals surface area (Å²) in [5.74, 6) is -0.361. The lowest BCUT2D eigenvalue weighted by Gasteiger charge is -2.30. The van der Waals surface area contributed by atoms with Gasteiger partial charge >= 0.3 is 5.97 Å². The summed E-state index contributed by atoms with van der Waals surface area (Å²) in [7, 11) is 2.88. The summed E-state index contributed by atoms with van der Waals surface area (Å²) >= 11 is 0. The predicted molar refractivity (Wildman–Crippen MR) is 90.8 cm³/mol. The third-order valence-corrected chi connectivity index (χ3v) is 4.65. The van der Waals surface area contributed by atoms with Crippen LogP contribution in [0, 0.1) is 0 Å². The fourth-order valence-corrected chi connectivity index (χ4v) is 3.73. The molecule has 0 N–H and O–H groups in total. The molecule has 24 heavy (non-hydrogen) atoms. The van der Waals surface area contributed by atoms with Crippen LogP contribution in [-0.4, -0.2) is 32.6 Å². The second kappa shape index (κ2) is 6.57. The highest BCUT2D eigenvalue weighted by Crippen LogP contribution is 2.52. The van der Waals surface area contributed by atoms with Crippen molar-refractivity contribution < 1.29 is 19.1 Å². The van der Waals surface area contributed by atoms with Crippen molar-refractivity contribution in [3.05, 3.63) is 59.7 Å². The molecule has 0 heterocycles. The third-order valence-electron chi connectivity index (χ3n) is 4.65. The Morgan fingerprint density at radius 2 is 1.42 bits per heavy atom. The van der Waals surface area contributed by atoms with E-state index in [1.54, 1.807) is 0 Å². The lowest BCUT2D eigenvalue weighted by atomic mass is 9.72. The van der Waals surface area contributed by atoms with Gasteiger partial charge in [-0.05, 0) is 22.3 Å². The predicted octanol–water partition coefficient (Wildman–Crippen LogP) is 3.12. The van der Waals surface area contributed by atoms with Gasteiger partial charge in [-0.25, -0.2) is 0 Å². The molecule has 0 fully saturated rings. The first-order chi connectivity index (χ1) is 11.6. The average Bonchev–Trinajstić information content (AvgIpc) is 2.86. The molecule has 0 saturated heterocycles. The van der Waals surface area contributed by atoms with Gasteiger partial charge in [0.1, 0.15) is 6.61 Å². The Morgan fingerprint density at radius 3 is 1.92 bits per heavy atom. The fraction of sp³-hybridized carbons (Fsp3) is 0.300. The number of ketones is 1. The van der Waals surface area contributed by atoms with Gasteiger partial charge in [0.2, 0.25) is 0 Å². The van der Waals surface area contributed by atoms with Crippen molar-refractivity contribution in [3.63, 3.8) is 0 Å². The third kappa shape index (κ3) is 2.63. The Balaban J connectivity index is 2.19. The molecule has 124 valence electrons. The first-order valence-electron chi connectivity index (χ1n) is 7.89. The first-order valence-corrected chi connectivity index (χ1v) is 7.89. The van der Waals surface area contributed by atoms with Crippen LogP contribution < -0.4 is 0 Å². The van der Waals surface area contributed by atoms with Crippen LogP contribution in [0.3, 0.4) is 0 Å². The zero-order valence-electron chi connectivity index (χ0n) is 13.9. The number of fused-ring (bicyclic) bond motifs is 3. The largest absolute Gasteiger partial charge is 0.469 e. The molecule has 2 aromatic carbocycles. The monoisotopic (exact) mass is 324 g/mol. The van der Waals surface area contributed by atoms with E-state index in [0.29, 0.717) is 0 Å². The molecule has 0 radical (unpaired) electrons. The van der Waals surface area contributed by atoms with E-state index < -0.39 is 5.41 Å². The Hall–Kier alpha value is -2.46. The standard InChI is InChI=1S/C20H20O4/c1-23-13-14(21)11-20(12-19(22)24-2)17-9-5-3-7-15(17)16-8-4-6-10-18(16)20/h3-10H,11-13H2,1-2H3. The highest BCUT2D eigenvalue weighted by atomic mass is 16.5. The highest BCUT2D eigenvalue weighted by molar-refractivity contribution is 5.90. The number of hydrogen-bond donors (Lipinski definition) is 0. The first kappa shape index (κ1) is 16.4. The van der Waals surface area contributed by atoms with E-state index in [9.17, 15) is 9.59 Å². The Bertz CT molecular complexity index is 733. The maximum Gasteiger partial charge on any atom is 0.306 e. The topological polar surface area (TPSA) is 52.6 Å². The molecule has 0 amide bonds. The van der Waals surface area contributed by atoms with Crippen molar-refractivity contribution >= 4 is 11.8 Å². The number of rotatable bonds is 6. The molecule has 3 rings (SSSR count). The summed E-state index contributed by atoms with van der Waals surface area (Å²) in [5.41, 5.74) is 3.45. The van der Waals surface area contributed by atoms with Crippen LogP contribution in [0.2, 0.25) is 0 Å². The van der Waals surface area contributed by atoms with Crippen molar-refractivity contribution in [2.24, 2.45) is 0 Å². The van der Waals surface area contributed by atoms with Crippen molar-refractivity contribution in [3.8, 4) is 11.1 Å². The Labute approximate surface area is 141 Å². The second-order valence-electron chi connectivity index (χ2n) is 6.07. The van der Waals surface area contributed by atoms with E-state index >= 15 is 0 Å².